The Kier molecular flexibility index (Phi) is 2.22. The van der Waals surface area contributed by atoms with Gasteiger partial charge in [0.25, 0.3) is 0 Å². The molecular formula is C14H15BrO2. The second-order valence-electron chi connectivity index (χ2n) is 5.63. The Labute approximate surface area is 109 Å². The number of fused-ring (bicyclic) bond motifs is 1. The van der Waals surface area contributed by atoms with Crippen molar-refractivity contribution in [3.8, 4) is 5.75 Å². The van der Waals surface area contributed by atoms with E-state index in [4.69, 9.17) is 4.74 Å². The van der Waals surface area contributed by atoms with E-state index in [1.165, 1.54) is 0 Å². The van der Waals surface area contributed by atoms with Gasteiger partial charge in [0.2, 0.25) is 0 Å². The number of halogens is 1. The third-order valence-corrected chi connectivity index (χ3v) is 4.85. The lowest BCUT2D eigenvalue weighted by Crippen LogP contribution is -2.46. The Bertz CT molecular complexity index is 505. The van der Waals surface area contributed by atoms with Gasteiger partial charge < -0.3 is 4.74 Å². The molecule has 0 N–H and O–H groups in total. The van der Waals surface area contributed by atoms with Gasteiger partial charge in [0, 0.05) is 9.89 Å². The number of rotatable bonds is 1. The molecule has 0 spiro atoms. The van der Waals surface area contributed by atoms with Crippen molar-refractivity contribution in [2.45, 2.75) is 38.7 Å². The average molecular weight is 295 g/mol. The van der Waals surface area contributed by atoms with Gasteiger partial charge >= 0.3 is 0 Å². The normalized spacial score (nSPS) is 29.5. The van der Waals surface area contributed by atoms with E-state index < -0.39 is 0 Å². The molecule has 0 bridgehead atoms. The highest BCUT2D eigenvalue weighted by molar-refractivity contribution is 9.10. The van der Waals surface area contributed by atoms with Crippen molar-refractivity contribution in [2.75, 3.05) is 0 Å². The molecule has 3 heteroatoms. The first kappa shape index (κ1) is 11.3. The standard InChI is InChI=1S/C14H15BrO2/c1-13(5-6-13)14(2)8-11(16)10-7-9(15)3-4-12(10)17-14/h3-4,7H,5-6,8H2,1-2H3. The Balaban J connectivity index is 2.04. The highest BCUT2D eigenvalue weighted by Gasteiger charge is 2.57. The van der Waals surface area contributed by atoms with Crippen LogP contribution in [0, 0.1) is 5.41 Å². The molecule has 17 heavy (non-hydrogen) atoms. The molecule has 0 radical (unpaired) electrons. The zero-order chi connectivity index (χ0) is 12.3. The number of carbonyl (C=O) groups is 1. The summed E-state index contributed by atoms with van der Waals surface area (Å²) in [6.07, 6.45) is 2.80. The Morgan fingerprint density at radius 2 is 2.00 bits per heavy atom. The molecule has 3 rings (SSSR count). The van der Waals surface area contributed by atoms with E-state index in [9.17, 15) is 4.79 Å². The van der Waals surface area contributed by atoms with Crippen LogP contribution in [0.4, 0.5) is 0 Å². The van der Waals surface area contributed by atoms with Gasteiger partial charge in [0.1, 0.15) is 11.4 Å². The fourth-order valence-corrected chi connectivity index (χ4v) is 2.90. The number of ketones is 1. The number of Topliss-reactive ketones (excluding diaryl/α,β-unsaturated/α-hetero) is 1. The van der Waals surface area contributed by atoms with Gasteiger partial charge in [0.05, 0.1) is 12.0 Å². The van der Waals surface area contributed by atoms with Crippen molar-refractivity contribution in [2.24, 2.45) is 5.41 Å². The molecule has 1 atom stereocenters. The Morgan fingerprint density at radius 1 is 1.29 bits per heavy atom. The quantitative estimate of drug-likeness (QED) is 0.783. The van der Waals surface area contributed by atoms with Gasteiger partial charge in [-0.1, -0.05) is 22.9 Å². The maximum absolute atomic E-state index is 12.2. The van der Waals surface area contributed by atoms with Gasteiger partial charge in [-0.15, -0.1) is 0 Å². The molecule has 1 saturated carbocycles. The molecule has 1 aromatic carbocycles. The lowest BCUT2D eigenvalue weighted by atomic mass is 9.80. The summed E-state index contributed by atoms with van der Waals surface area (Å²) in [5, 5.41) is 0. The van der Waals surface area contributed by atoms with Gasteiger partial charge in [-0.2, -0.15) is 0 Å². The van der Waals surface area contributed by atoms with E-state index in [-0.39, 0.29) is 16.8 Å². The largest absolute Gasteiger partial charge is 0.486 e. The first-order valence-corrected chi connectivity index (χ1v) is 6.75. The van der Waals surface area contributed by atoms with Crippen LogP contribution < -0.4 is 4.74 Å². The van der Waals surface area contributed by atoms with Gasteiger partial charge in [0.15, 0.2) is 5.78 Å². The molecule has 0 saturated heterocycles. The van der Waals surface area contributed by atoms with E-state index in [1.807, 2.05) is 18.2 Å². The van der Waals surface area contributed by atoms with Crippen LogP contribution in [0.3, 0.4) is 0 Å². The molecule has 2 aliphatic rings. The second kappa shape index (κ2) is 3.35. The summed E-state index contributed by atoms with van der Waals surface area (Å²) in [7, 11) is 0. The van der Waals surface area contributed by atoms with Crippen LogP contribution in [0.25, 0.3) is 0 Å². The highest BCUT2D eigenvalue weighted by atomic mass is 79.9. The minimum Gasteiger partial charge on any atom is -0.486 e. The summed E-state index contributed by atoms with van der Waals surface area (Å²) in [4.78, 5) is 12.2. The summed E-state index contributed by atoms with van der Waals surface area (Å²) >= 11 is 3.39. The van der Waals surface area contributed by atoms with E-state index in [1.54, 1.807) is 0 Å². The molecule has 1 unspecified atom stereocenters. The van der Waals surface area contributed by atoms with Crippen molar-refractivity contribution >= 4 is 21.7 Å². The topological polar surface area (TPSA) is 26.3 Å². The van der Waals surface area contributed by atoms with E-state index in [0.29, 0.717) is 12.0 Å². The minimum absolute atomic E-state index is 0.174. The summed E-state index contributed by atoms with van der Waals surface area (Å²) in [6.45, 7) is 4.28. The van der Waals surface area contributed by atoms with E-state index >= 15 is 0 Å². The first-order valence-electron chi connectivity index (χ1n) is 5.95. The van der Waals surface area contributed by atoms with Crippen LogP contribution in [0.5, 0.6) is 5.75 Å². The lowest BCUT2D eigenvalue weighted by molar-refractivity contribution is 0.00421. The Morgan fingerprint density at radius 3 is 2.65 bits per heavy atom. The maximum Gasteiger partial charge on any atom is 0.170 e. The van der Waals surface area contributed by atoms with Crippen molar-refractivity contribution in [3.05, 3.63) is 28.2 Å². The second-order valence-corrected chi connectivity index (χ2v) is 6.55. The molecule has 1 heterocycles. The van der Waals surface area contributed by atoms with Crippen molar-refractivity contribution in [1.82, 2.24) is 0 Å². The summed E-state index contributed by atoms with van der Waals surface area (Å²) < 4.78 is 7.06. The van der Waals surface area contributed by atoms with Crippen LogP contribution in [-0.2, 0) is 0 Å². The minimum atomic E-state index is -0.328. The van der Waals surface area contributed by atoms with Crippen LogP contribution in [0.1, 0.15) is 43.5 Å². The Hall–Kier alpha value is -0.830. The molecule has 1 fully saturated rings. The third-order valence-electron chi connectivity index (χ3n) is 4.35. The van der Waals surface area contributed by atoms with Crippen LogP contribution in [0.2, 0.25) is 0 Å². The fourth-order valence-electron chi connectivity index (χ4n) is 2.54. The number of benzene rings is 1. The smallest absolute Gasteiger partial charge is 0.170 e. The third kappa shape index (κ3) is 1.63. The van der Waals surface area contributed by atoms with Crippen molar-refractivity contribution < 1.29 is 9.53 Å². The molecule has 90 valence electrons. The van der Waals surface area contributed by atoms with E-state index in [0.717, 1.165) is 23.1 Å². The zero-order valence-corrected chi connectivity index (χ0v) is 11.6. The lowest BCUT2D eigenvalue weighted by Gasteiger charge is -2.40. The predicted molar refractivity (Wildman–Crippen MR) is 69.5 cm³/mol. The SMILES string of the molecule is CC1(C2(C)CC(=O)c3cc(Br)ccc3O2)CC1. The van der Waals surface area contributed by atoms with Crippen LogP contribution in [0.15, 0.2) is 22.7 Å². The fraction of sp³-hybridized carbons (Fsp3) is 0.500. The van der Waals surface area contributed by atoms with Gasteiger partial charge in [-0.3, -0.25) is 4.79 Å². The van der Waals surface area contributed by atoms with Gasteiger partial charge in [-0.05, 0) is 38.0 Å². The molecule has 2 nitrogen and oxygen atoms in total. The summed E-state index contributed by atoms with van der Waals surface area (Å²) in [5.74, 6) is 0.934. The summed E-state index contributed by atoms with van der Waals surface area (Å²) in [6, 6.07) is 5.67. The predicted octanol–water partition coefficient (Wildman–Crippen LogP) is 3.97. The molecular weight excluding hydrogens is 280 g/mol. The van der Waals surface area contributed by atoms with Crippen LogP contribution in [-0.4, -0.2) is 11.4 Å². The number of hydrogen-bond acceptors (Lipinski definition) is 2. The molecule has 1 aromatic rings. The van der Waals surface area contributed by atoms with Crippen molar-refractivity contribution in [3.63, 3.8) is 0 Å². The van der Waals surface area contributed by atoms with Gasteiger partial charge in [-0.25, -0.2) is 0 Å². The zero-order valence-electron chi connectivity index (χ0n) is 10.0. The average Bonchev–Trinajstić information content (AvgIpc) is 3.00. The highest BCUT2D eigenvalue weighted by Crippen LogP contribution is 2.58. The summed E-state index contributed by atoms with van der Waals surface area (Å²) in [5.41, 5.74) is 0.555. The first-order chi connectivity index (χ1) is 7.94. The molecule has 1 aliphatic carbocycles. The molecule has 0 amide bonds. The molecule has 0 aromatic heterocycles. The maximum atomic E-state index is 12.2. The number of carbonyl (C=O) groups excluding carboxylic acids is 1. The van der Waals surface area contributed by atoms with Crippen molar-refractivity contribution in [1.29, 1.82) is 0 Å². The number of hydrogen-bond donors (Lipinski definition) is 0. The van der Waals surface area contributed by atoms with Crippen LogP contribution >= 0.6 is 15.9 Å². The molecule has 1 aliphatic heterocycles. The number of ether oxygens (including phenoxy) is 1. The monoisotopic (exact) mass is 294 g/mol. The van der Waals surface area contributed by atoms with E-state index in [2.05, 4.69) is 29.8 Å².